The molecular formula is C20H32N4O. The second-order valence-electron chi connectivity index (χ2n) is 6.92. The minimum Gasteiger partial charge on any atom is -0.497 e. The van der Waals surface area contributed by atoms with Gasteiger partial charge in [0.2, 0.25) is 0 Å². The lowest BCUT2D eigenvalue weighted by Crippen LogP contribution is -2.40. The fourth-order valence-corrected chi connectivity index (χ4v) is 3.84. The predicted octanol–water partition coefficient (Wildman–Crippen LogP) is 2.89. The van der Waals surface area contributed by atoms with Crippen LogP contribution in [0.2, 0.25) is 0 Å². The Kier molecular flexibility index (Phi) is 6.56. The van der Waals surface area contributed by atoms with Crippen LogP contribution in [0.1, 0.15) is 44.2 Å². The van der Waals surface area contributed by atoms with Crippen LogP contribution < -0.4 is 10.1 Å². The Morgan fingerprint density at radius 2 is 1.72 bits per heavy atom. The van der Waals surface area contributed by atoms with Crippen molar-refractivity contribution in [3.63, 3.8) is 0 Å². The van der Waals surface area contributed by atoms with Crippen LogP contribution in [-0.2, 0) is 0 Å². The van der Waals surface area contributed by atoms with E-state index in [2.05, 4.69) is 46.3 Å². The van der Waals surface area contributed by atoms with Crippen molar-refractivity contribution in [2.45, 2.75) is 38.6 Å². The molecule has 5 nitrogen and oxygen atoms in total. The smallest absolute Gasteiger partial charge is 0.193 e. The summed E-state index contributed by atoms with van der Waals surface area (Å²) >= 11 is 0. The van der Waals surface area contributed by atoms with Gasteiger partial charge < -0.3 is 15.0 Å². The van der Waals surface area contributed by atoms with Crippen LogP contribution in [-0.4, -0.2) is 62.1 Å². The number of guanidine groups is 1. The molecule has 5 heteroatoms. The third-order valence-corrected chi connectivity index (χ3v) is 5.24. The second kappa shape index (κ2) is 9.09. The molecule has 2 aliphatic rings. The zero-order valence-electron chi connectivity index (χ0n) is 15.7. The Bertz CT molecular complexity index is 545. The van der Waals surface area contributed by atoms with Crippen LogP contribution in [0.4, 0.5) is 0 Å². The van der Waals surface area contributed by atoms with Gasteiger partial charge >= 0.3 is 0 Å². The largest absolute Gasteiger partial charge is 0.497 e. The molecule has 138 valence electrons. The molecule has 1 atom stereocenters. The number of rotatable bonds is 6. The Balaban J connectivity index is 1.76. The number of aliphatic imine (C=N–C) groups is 1. The van der Waals surface area contributed by atoms with Gasteiger partial charge in [0.25, 0.3) is 0 Å². The maximum absolute atomic E-state index is 5.31. The zero-order chi connectivity index (χ0) is 17.5. The van der Waals surface area contributed by atoms with Crippen molar-refractivity contribution in [3.05, 3.63) is 29.8 Å². The lowest BCUT2D eigenvalue weighted by Gasteiger charge is -2.28. The molecule has 1 aromatic rings. The molecule has 1 N–H and O–H groups in total. The summed E-state index contributed by atoms with van der Waals surface area (Å²) in [6.45, 7) is 8.48. The number of nitrogens with one attached hydrogen (secondary N) is 1. The highest BCUT2D eigenvalue weighted by atomic mass is 16.5. The number of nitrogens with zero attached hydrogens (tertiary/aromatic N) is 3. The summed E-state index contributed by atoms with van der Waals surface area (Å²) in [5.74, 6) is 2.00. The van der Waals surface area contributed by atoms with Crippen molar-refractivity contribution in [3.8, 4) is 5.75 Å². The minimum absolute atomic E-state index is 0.352. The summed E-state index contributed by atoms with van der Waals surface area (Å²) in [6.07, 6.45) is 5.14. The SMILES string of the molecule is CCNC(=NCC(c1ccc(OC)cc1)N1CCCC1)N1CCCC1. The van der Waals surface area contributed by atoms with Gasteiger partial charge in [0.05, 0.1) is 19.7 Å². The van der Waals surface area contributed by atoms with Crippen molar-refractivity contribution in [1.29, 1.82) is 0 Å². The molecule has 2 heterocycles. The number of methoxy groups -OCH3 is 1. The highest BCUT2D eigenvalue weighted by Gasteiger charge is 2.24. The minimum atomic E-state index is 0.352. The van der Waals surface area contributed by atoms with Gasteiger partial charge in [-0.3, -0.25) is 9.89 Å². The van der Waals surface area contributed by atoms with Gasteiger partial charge in [0.15, 0.2) is 5.96 Å². The first-order valence-electron chi connectivity index (χ1n) is 9.73. The van der Waals surface area contributed by atoms with E-state index in [4.69, 9.17) is 9.73 Å². The Morgan fingerprint density at radius 1 is 1.08 bits per heavy atom. The molecule has 0 spiro atoms. The molecule has 0 amide bonds. The summed E-state index contributed by atoms with van der Waals surface area (Å²) < 4.78 is 5.31. The lowest BCUT2D eigenvalue weighted by molar-refractivity contribution is 0.251. The van der Waals surface area contributed by atoms with Gasteiger partial charge in [-0.25, -0.2) is 0 Å². The Hall–Kier alpha value is -1.75. The van der Waals surface area contributed by atoms with E-state index < -0.39 is 0 Å². The first-order chi connectivity index (χ1) is 12.3. The second-order valence-corrected chi connectivity index (χ2v) is 6.92. The number of ether oxygens (including phenoxy) is 1. The molecule has 0 saturated carbocycles. The van der Waals surface area contributed by atoms with E-state index in [9.17, 15) is 0 Å². The lowest BCUT2D eigenvalue weighted by atomic mass is 10.1. The summed E-state index contributed by atoms with van der Waals surface area (Å²) in [6, 6.07) is 8.87. The molecule has 0 aromatic heterocycles. The van der Waals surface area contributed by atoms with Gasteiger partial charge in [0.1, 0.15) is 5.75 Å². The molecule has 1 aromatic carbocycles. The van der Waals surface area contributed by atoms with Crippen molar-refractivity contribution >= 4 is 5.96 Å². The van der Waals surface area contributed by atoms with E-state index >= 15 is 0 Å². The van der Waals surface area contributed by atoms with E-state index in [-0.39, 0.29) is 0 Å². The topological polar surface area (TPSA) is 40.1 Å². The van der Waals surface area contributed by atoms with Crippen molar-refractivity contribution in [1.82, 2.24) is 15.1 Å². The Labute approximate surface area is 152 Å². The van der Waals surface area contributed by atoms with Gasteiger partial charge in [-0.15, -0.1) is 0 Å². The van der Waals surface area contributed by atoms with Crippen LogP contribution in [0.5, 0.6) is 5.75 Å². The molecule has 0 bridgehead atoms. The molecular weight excluding hydrogens is 312 g/mol. The van der Waals surface area contributed by atoms with Crippen molar-refractivity contribution in [2.24, 2.45) is 4.99 Å². The molecule has 1 unspecified atom stereocenters. The van der Waals surface area contributed by atoms with Crippen LogP contribution in [0.15, 0.2) is 29.3 Å². The fraction of sp³-hybridized carbons (Fsp3) is 0.650. The highest BCUT2D eigenvalue weighted by molar-refractivity contribution is 5.80. The van der Waals surface area contributed by atoms with Crippen LogP contribution in [0.3, 0.4) is 0 Å². The Morgan fingerprint density at radius 3 is 2.32 bits per heavy atom. The molecule has 2 fully saturated rings. The predicted molar refractivity (Wildman–Crippen MR) is 103 cm³/mol. The van der Waals surface area contributed by atoms with Crippen LogP contribution in [0, 0.1) is 0 Å². The standard InChI is InChI=1S/C20H32N4O/c1-3-21-20(24-14-6-7-15-24)22-16-19(23-12-4-5-13-23)17-8-10-18(25-2)11-9-17/h8-11,19H,3-7,12-16H2,1-2H3,(H,21,22). The van der Waals surface area contributed by atoms with E-state index in [1.54, 1.807) is 7.11 Å². The number of hydrogen-bond acceptors (Lipinski definition) is 3. The van der Waals surface area contributed by atoms with Crippen molar-refractivity contribution in [2.75, 3.05) is 46.4 Å². The molecule has 2 saturated heterocycles. The average molecular weight is 345 g/mol. The summed E-state index contributed by atoms with van der Waals surface area (Å²) in [5.41, 5.74) is 1.34. The first-order valence-corrected chi connectivity index (χ1v) is 9.73. The molecule has 0 radical (unpaired) electrons. The van der Waals surface area contributed by atoms with E-state index in [1.807, 2.05) is 0 Å². The number of benzene rings is 1. The quantitative estimate of drug-likeness (QED) is 0.636. The summed E-state index contributed by atoms with van der Waals surface area (Å²) in [7, 11) is 1.72. The van der Waals surface area contributed by atoms with Crippen LogP contribution in [0.25, 0.3) is 0 Å². The van der Waals surface area contributed by atoms with Crippen molar-refractivity contribution < 1.29 is 4.74 Å². The molecule has 2 aliphatic heterocycles. The monoisotopic (exact) mass is 344 g/mol. The number of likely N-dealkylation sites (tertiary alicyclic amines) is 2. The normalized spacial score (nSPS) is 20.1. The average Bonchev–Trinajstić information content (AvgIpc) is 3.35. The van der Waals surface area contributed by atoms with Crippen LogP contribution >= 0.6 is 0 Å². The first kappa shape index (κ1) is 18.1. The third kappa shape index (κ3) is 4.66. The maximum atomic E-state index is 5.31. The number of hydrogen-bond donors (Lipinski definition) is 1. The van der Waals surface area contributed by atoms with E-state index in [0.29, 0.717) is 6.04 Å². The van der Waals surface area contributed by atoms with Gasteiger partial charge in [-0.1, -0.05) is 12.1 Å². The fourth-order valence-electron chi connectivity index (χ4n) is 3.84. The summed E-state index contributed by atoms with van der Waals surface area (Å²) in [5, 5.41) is 3.48. The summed E-state index contributed by atoms with van der Waals surface area (Å²) in [4.78, 5) is 10.0. The third-order valence-electron chi connectivity index (χ3n) is 5.24. The zero-order valence-corrected chi connectivity index (χ0v) is 15.7. The molecule has 3 rings (SSSR count). The molecule has 25 heavy (non-hydrogen) atoms. The van der Waals surface area contributed by atoms with Gasteiger partial charge in [0, 0.05) is 19.6 Å². The van der Waals surface area contributed by atoms with E-state index in [0.717, 1.165) is 37.9 Å². The molecule has 0 aliphatic carbocycles. The van der Waals surface area contributed by atoms with Gasteiger partial charge in [-0.2, -0.15) is 0 Å². The highest BCUT2D eigenvalue weighted by Crippen LogP contribution is 2.27. The maximum Gasteiger partial charge on any atom is 0.193 e. The van der Waals surface area contributed by atoms with E-state index in [1.165, 1.54) is 44.3 Å². The van der Waals surface area contributed by atoms with Gasteiger partial charge in [-0.05, 0) is 63.4 Å².